The molecule has 0 spiro atoms. The second-order valence-electron chi connectivity index (χ2n) is 4.45. The molecule has 2 rings (SSSR count). The SMILES string of the molecule is O=C(O)CC[C@H](NC(=O)c1cc2ccccc2o1)C(=O)O. The fourth-order valence-corrected chi connectivity index (χ4v) is 1.85. The van der Waals surface area contributed by atoms with Crippen LogP contribution in [0.4, 0.5) is 0 Å². The van der Waals surface area contributed by atoms with Gasteiger partial charge in [0.25, 0.3) is 5.91 Å². The first-order valence-electron chi connectivity index (χ1n) is 6.21. The van der Waals surface area contributed by atoms with Gasteiger partial charge < -0.3 is 19.9 Å². The van der Waals surface area contributed by atoms with E-state index in [1.807, 2.05) is 0 Å². The van der Waals surface area contributed by atoms with Gasteiger partial charge in [-0.05, 0) is 18.6 Å². The number of carbonyl (C=O) groups excluding carboxylic acids is 1. The number of aliphatic carboxylic acids is 2. The van der Waals surface area contributed by atoms with Crippen molar-refractivity contribution in [2.45, 2.75) is 18.9 Å². The average molecular weight is 291 g/mol. The fourth-order valence-electron chi connectivity index (χ4n) is 1.85. The van der Waals surface area contributed by atoms with Gasteiger partial charge in [-0.25, -0.2) is 4.79 Å². The zero-order valence-electron chi connectivity index (χ0n) is 10.9. The summed E-state index contributed by atoms with van der Waals surface area (Å²) in [7, 11) is 0. The van der Waals surface area contributed by atoms with E-state index in [1.165, 1.54) is 6.07 Å². The van der Waals surface area contributed by atoms with E-state index in [4.69, 9.17) is 14.6 Å². The highest BCUT2D eigenvalue weighted by atomic mass is 16.4. The fraction of sp³-hybridized carbons (Fsp3) is 0.214. The average Bonchev–Trinajstić information content (AvgIpc) is 2.86. The van der Waals surface area contributed by atoms with Crippen LogP contribution in [-0.2, 0) is 9.59 Å². The van der Waals surface area contributed by atoms with Crippen molar-refractivity contribution in [3.8, 4) is 0 Å². The van der Waals surface area contributed by atoms with Crippen molar-refractivity contribution in [2.75, 3.05) is 0 Å². The number of rotatable bonds is 6. The molecule has 1 aromatic carbocycles. The molecule has 7 heteroatoms. The number of nitrogens with one attached hydrogen (secondary N) is 1. The van der Waals surface area contributed by atoms with Crippen LogP contribution in [0.3, 0.4) is 0 Å². The van der Waals surface area contributed by atoms with Crippen LogP contribution in [0, 0.1) is 0 Å². The van der Waals surface area contributed by atoms with Crippen LogP contribution < -0.4 is 5.32 Å². The van der Waals surface area contributed by atoms with Crippen LogP contribution in [0.1, 0.15) is 23.4 Å². The molecular weight excluding hydrogens is 278 g/mol. The molecule has 7 nitrogen and oxygen atoms in total. The second kappa shape index (κ2) is 6.08. The molecule has 0 radical (unpaired) electrons. The summed E-state index contributed by atoms with van der Waals surface area (Å²) in [6.07, 6.45) is -0.548. The van der Waals surface area contributed by atoms with Gasteiger partial charge in [0.05, 0.1) is 0 Å². The molecule has 1 atom stereocenters. The van der Waals surface area contributed by atoms with Crippen molar-refractivity contribution in [2.24, 2.45) is 0 Å². The van der Waals surface area contributed by atoms with Gasteiger partial charge in [-0.1, -0.05) is 18.2 Å². The van der Waals surface area contributed by atoms with Gasteiger partial charge in [-0.3, -0.25) is 9.59 Å². The quantitative estimate of drug-likeness (QED) is 0.742. The van der Waals surface area contributed by atoms with Gasteiger partial charge in [-0.2, -0.15) is 0 Å². The summed E-state index contributed by atoms with van der Waals surface area (Å²) in [5.41, 5.74) is 0.514. The Kier molecular flexibility index (Phi) is 4.22. The Balaban J connectivity index is 2.10. The minimum atomic E-state index is -1.29. The maximum absolute atomic E-state index is 12.0. The van der Waals surface area contributed by atoms with E-state index >= 15 is 0 Å². The Bertz CT molecular complexity index is 657. The summed E-state index contributed by atoms with van der Waals surface area (Å²) in [4.78, 5) is 33.4. The molecule has 0 unspecified atom stereocenters. The topological polar surface area (TPSA) is 117 Å². The number of hydrogen-bond donors (Lipinski definition) is 3. The minimum Gasteiger partial charge on any atom is -0.481 e. The molecule has 0 saturated carbocycles. The van der Waals surface area contributed by atoms with E-state index in [0.29, 0.717) is 5.58 Å². The number of fused-ring (bicyclic) bond motifs is 1. The van der Waals surface area contributed by atoms with E-state index in [2.05, 4.69) is 5.32 Å². The van der Waals surface area contributed by atoms with Gasteiger partial charge in [-0.15, -0.1) is 0 Å². The summed E-state index contributed by atoms with van der Waals surface area (Å²) < 4.78 is 5.31. The number of hydrogen-bond acceptors (Lipinski definition) is 4. The lowest BCUT2D eigenvalue weighted by Gasteiger charge is -2.12. The molecule has 3 N–H and O–H groups in total. The first kappa shape index (κ1) is 14.6. The predicted octanol–water partition coefficient (Wildman–Crippen LogP) is 1.48. The first-order valence-corrected chi connectivity index (χ1v) is 6.21. The van der Waals surface area contributed by atoms with Crippen molar-refractivity contribution in [1.82, 2.24) is 5.32 Å². The third kappa shape index (κ3) is 3.59. The number of carbonyl (C=O) groups is 3. The lowest BCUT2D eigenvalue weighted by molar-refractivity contribution is -0.140. The predicted molar refractivity (Wildman–Crippen MR) is 72.0 cm³/mol. The Morgan fingerprint density at radius 1 is 1.19 bits per heavy atom. The molecule has 1 heterocycles. The molecule has 21 heavy (non-hydrogen) atoms. The highest BCUT2D eigenvalue weighted by molar-refractivity contribution is 5.97. The van der Waals surface area contributed by atoms with Crippen LogP contribution in [-0.4, -0.2) is 34.1 Å². The summed E-state index contributed by atoms with van der Waals surface area (Å²) in [6.45, 7) is 0. The smallest absolute Gasteiger partial charge is 0.326 e. The van der Waals surface area contributed by atoms with E-state index < -0.39 is 23.9 Å². The Hall–Kier alpha value is -2.83. The van der Waals surface area contributed by atoms with E-state index in [1.54, 1.807) is 24.3 Å². The molecule has 110 valence electrons. The second-order valence-corrected chi connectivity index (χ2v) is 4.45. The van der Waals surface area contributed by atoms with Crippen molar-refractivity contribution in [3.63, 3.8) is 0 Å². The minimum absolute atomic E-state index is 0.0159. The lowest BCUT2D eigenvalue weighted by atomic mass is 10.1. The Morgan fingerprint density at radius 3 is 2.52 bits per heavy atom. The molecule has 0 aliphatic rings. The molecule has 2 aromatic rings. The number of carboxylic acids is 2. The van der Waals surface area contributed by atoms with Crippen LogP contribution in [0.2, 0.25) is 0 Å². The third-order valence-corrected chi connectivity index (χ3v) is 2.90. The van der Waals surface area contributed by atoms with Crippen LogP contribution >= 0.6 is 0 Å². The van der Waals surface area contributed by atoms with Crippen molar-refractivity contribution in [1.29, 1.82) is 0 Å². The van der Waals surface area contributed by atoms with Gasteiger partial charge in [0, 0.05) is 11.8 Å². The van der Waals surface area contributed by atoms with Crippen molar-refractivity contribution in [3.05, 3.63) is 36.1 Å². The highest BCUT2D eigenvalue weighted by Gasteiger charge is 2.23. The van der Waals surface area contributed by atoms with Gasteiger partial charge >= 0.3 is 11.9 Å². The zero-order chi connectivity index (χ0) is 15.4. The molecular formula is C14H13NO6. The number of benzene rings is 1. The Labute approximate surface area is 119 Å². The van der Waals surface area contributed by atoms with Crippen LogP contribution in [0.25, 0.3) is 11.0 Å². The summed E-state index contributed by atoms with van der Waals surface area (Å²) in [5.74, 6) is -3.12. The molecule has 1 aromatic heterocycles. The van der Waals surface area contributed by atoms with Crippen molar-refractivity contribution < 1.29 is 29.0 Å². The van der Waals surface area contributed by atoms with E-state index in [9.17, 15) is 14.4 Å². The normalized spacial score (nSPS) is 12.0. The molecule has 0 aliphatic carbocycles. The van der Waals surface area contributed by atoms with E-state index in [0.717, 1.165) is 5.39 Å². The van der Waals surface area contributed by atoms with Crippen LogP contribution in [0.5, 0.6) is 0 Å². The number of carboxylic acid groups (broad SMARTS) is 2. The molecule has 0 bridgehead atoms. The highest BCUT2D eigenvalue weighted by Crippen LogP contribution is 2.18. The monoisotopic (exact) mass is 291 g/mol. The van der Waals surface area contributed by atoms with E-state index in [-0.39, 0.29) is 18.6 Å². The van der Waals surface area contributed by atoms with Crippen molar-refractivity contribution >= 4 is 28.8 Å². The molecule has 0 fully saturated rings. The third-order valence-electron chi connectivity index (χ3n) is 2.90. The van der Waals surface area contributed by atoms with Crippen LogP contribution in [0.15, 0.2) is 34.7 Å². The Morgan fingerprint density at radius 2 is 1.90 bits per heavy atom. The molecule has 0 aliphatic heterocycles. The summed E-state index contributed by atoms with van der Waals surface area (Å²) >= 11 is 0. The lowest BCUT2D eigenvalue weighted by Crippen LogP contribution is -2.40. The summed E-state index contributed by atoms with van der Waals surface area (Å²) in [6, 6.07) is 7.20. The standard InChI is InChI=1S/C14H13NO6/c16-12(17)6-5-9(14(19)20)15-13(18)11-7-8-3-1-2-4-10(8)21-11/h1-4,7,9H,5-6H2,(H,15,18)(H,16,17)(H,19,20)/t9-/m0/s1. The van der Waals surface area contributed by atoms with Gasteiger partial charge in [0.2, 0.25) is 0 Å². The number of furan rings is 1. The number of amides is 1. The van der Waals surface area contributed by atoms with Gasteiger partial charge in [0.1, 0.15) is 11.6 Å². The zero-order valence-corrected chi connectivity index (χ0v) is 10.9. The molecule has 1 amide bonds. The first-order chi connectivity index (χ1) is 9.97. The number of para-hydroxylation sites is 1. The van der Waals surface area contributed by atoms with Gasteiger partial charge in [0.15, 0.2) is 5.76 Å². The maximum atomic E-state index is 12.0. The maximum Gasteiger partial charge on any atom is 0.326 e. The largest absolute Gasteiger partial charge is 0.481 e. The molecule has 0 saturated heterocycles. The summed E-state index contributed by atoms with van der Waals surface area (Å²) in [5, 5.41) is 20.5.